The molecule has 1 aliphatic rings. The molecule has 3 nitrogen and oxygen atoms in total. The van der Waals surface area contributed by atoms with Gasteiger partial charge in [0.25, 0.3) is 0 Å². The molecule has 11 heavy (non-hydrogen) atoms. The third kappa shape index (κ3) is 1.65. The van der Waals surface area contributed by atoms with Crippen molar-refractivity contribution in [2.45, 2.75) is 19.3 Å². The highest BCUT2D eigenvalue weighted by Gasteiger charge is 2.33. The molecule has 1 aliphatic heterocycles. The first-order valence-corrected chi connectivity index (χ1v) is 3.47. The second-order valence-electron chi connectivity index (χ2n) is 2.61. The van der Waals surface area contributed by atoms with Crippen LogP contribution in [-0.4, -0.2) is 23.9 Å². The monoisotopic (exact) mass is 164 g/mol. The number of amides is 1. The normalized spacial score (nSPS) is 26.4. The molecule has 0 bridgehead atoms. The summed E-state index contributed by atoms with van der Waals surface area (Å²) in [6.45, 7) is 0.391. The third-order valence-electron chi connectivity index (χ3n) is 1.82. The number of hydrazine groups is 1. The summed E-state index contributed by atoms with van der Waals surface area (Å²) in [4.78, 5) is 10.9. The zero-order valence-corrected chi connectivity index (χ0v) is 5.96. The highest BCUT2D eigenvalue weighted by Crippen LogP contribution is 2.21. The maximum atomic E-state index is 12.0. The third-order valence-corrected chi connectivity index (χ3v) is 1.82. The van der Waals surface area contributed by atoms with E-state index in [4.69, 9.17) is 5.84 Å². The molecular weight excluding hydrogens is 154 g/mol. The van der Waals surface area contributed by atoms with Crippen molar-refractivity contribution in [2.75, 3.05) is 6.54 Å². The summed E-state index contributed by atoms with van der Waals surface area (Å²) in [5, 5.41) is 0.875. The minimum atomic E-state index is -2.58. The van der Waals surface area contributed by atoms with Crippen LogP contribution in [0.4, 0.5) is 8.78 Å². The number of alkyl halides is 2. The number of hydrogen-bond acceptors (Lipinski definition) is 2. The van der Waals surface area contributed by atoms with Gasteiger partial charge in [-0.2, -0.15) is 0 Å². The Morgan fingerprint density at radius 1 is 1.64 bits per heavy atom. The minimum Gasteiger partial charge on any atom is -0.280 e. The van der Waals surface area contributed by atoms with Crippen molar-refractivity contribution >= 4 is 5.91 Å². The van der Waals surface area contributed by atoms with E-state index in [1.165, 1.54) is 0 Å². The van der Waals surface area contributed by atoms with E-state index in [0.29, 0.717) is 13.0 Å². The molecule has 1 fully saturated rings. The molecule has 0 radical (unpaired) electrons. The Morgan fingerprint density at radius 2 is 2.27 bits per heavy atom. The van der Waals surface area contributed by atoms with Gasteiger partial charge in [-0.3, -0.25) is 9.80 Å². The van der Waals surface area contributed by atoms with Gasteiger partial charge in [-0.05, 0) is 12.8 Å². The fraction of sp³-hybridized carbons (Fsp3) is 0.833. The smallest absolute Gasteiger partial charge is 0.250 e. The van der Waals surface area contributed by atoms with Gasteiger partial charge in [0, 0.05) is 6.54 Å². The first kappa shape index (κ1) is 8.39. The van der Waals surface area contributed by atoms with Crippen LogP contribution in [-0.2, 0) is 4.79 Å². The molecule has 1 saturated heterocycles. The van der Waals surface area contributed by atoms with Gasteiger partial charge in [-0.15, -0.1) is 0 Å². The number of carbonyl (C=O) groups excluding carboxylic acids is 1. The molecule has 0 aromatic rings. The quantitative estimate of drug-likeness (QED) is 0.449. The fourth-order valence-electron chi connectivity index (χ4n) is 1.16. The van der Waals surface area contributed by atoms with Crippen molar-refractivity contribution < 1.29 is 13.6 Å². The minimum absolute atomic E-state index is 0.254. The number of nitrogens with two attached hydrogens (primary N) is 1. The van der Waals surface area contributed by atoms with Crippen molar-refractivity contribution in [1.82, 2.24) is 5.01 Å². The lowest BCUT2D eigenvalue weighted by Gasteiger charge is -2.27. The molecule has 1 heterocycles. The first-order chi connectivity index (χ1) is 5.13. The molecule has 0 saturated carbocycles. The Kier molecular flexibility index (Phi) is 2.38. The molecule has 1 amide bonds. The lowest BCUT2D eigenvalue weighted by molar-refractivity contribution is -0.144. The zero-order valence-electron chi connectivity index (χ0n) is 5.96. The molecule has 1 rings (SSSR count). The zero-order chi connectivity index (χ0) is 8.43. The van der Waals surface area contributed by atoms with Gasteiger partial charge < -0.3 is 0 Å². The number of carbonyl (C=O) groups is 1. The summed E-state index contributed by atoms with van der Waals surface area (Å²) in [7, 11) is 0. The Balaban J connectivity index is 2.58. The fourth-order valence-corrected chi connectivity index (χ4v) is 1.16. The number of hydrogen-bond donors (Lipinski definition) is 1. The Hall–Kier alpha value is -0.710. The standard InChI is InChI=1S/C6H10F2N2O/c7-5(8)4-2-1-3-10(9)6(4)11/h4-5H,1-3,9H2. The second kappa shape index (κ2) is 3.13. The topological polar surface area (TPSA) is 46.3 Å². The molecule has 5 heteroatoms. The van der Waals surface area contributed by atoms with Crippen LogP contribution in [0.1, 0.15) is 12.8 Å². The number of piperidine rings is 1. The van der Waals surface area contributed by atoms with Crippen LogP contribution in [0.15, 0.2) is 0 Å². The highest BCUT2D eigenvalue weighted by atomic mass is 19.3. The van der Waals surface area contributed by atoms with E-state index in [-0.39, 0.29) is 6.42 Å². The van der Waals surface area contributed by atoms with Gasteiger partial charge in [0.15, 0.2) is 0 Å². The Morgan fingerprint density at radius 3 is 2.73 bits per heavy atom. The van der Waals surface area contributed by atoms with Crippen LogP contribution >= 0.6 is 0 Å². The molecule has 0 aromatic heterocycles. The van der Waals surface area contributed by atoms with E-state index >= 15 is 0 Å². The molecule has 2 N–H and O–H groups in total. The molecule has 1 atom stereocenters. The van der Waals surface area contributed by atoms with Crippen LogP contribution in [0.3, 0.4) is 0 Å². The predicted octanol–water partition coefficient (Wildman–Crippen LogP) is 0.364. The molecule has 0 spiro atoms. The van der Waals surface area contributed by atoms with Crippen molar-refractivity contribution in [3.8, 4) is 0 Å². The molecular formula is C6H10F2N2O. The number of nitrogens with zero attached hydrogens (tertiary/aromatic N) is 1. The van der Waals surface area contributed by atoms with Crippen molar-refractivity contribution in [3.05, 3.63) is 0 Å². The number of rotatable bonds is 1. The van der Waals surface area contributed by atoms with Crippen LogP contribution in [0.5, 0.6) is 0 Å². The summed E-state index contributed by atoms with van der Waals surface area (Å²) < 4.78 is 24.1. The van der Waals surface area contributed by atoms with E-state index in [1.54, 1.807) is 0 Å². The van der Waals surface area contributed by atoms with Crippen molar-refractivity contribution in [3.63, 3.8) is 0 Å². The van der Waals surface area contributed by atoms with Gasteiger partial charge in [0.1, 0.15) is 5.92 Å². The summed E-state index contributed by atoms with van der Waals surface area (Å²) in [5.74, 6) is 3.35. The van der Waals surface area contributed by atoms with Crippen LogP contribution in [0.2, 0.25) is 0 Å². The van der Waals surface area contributed by atoms with Gasteiger partial charge in [-0.1, -0.05) is 0 Å². The van der Waals surface area contributed by atoms with E-state index in [0.717, 1.165) is 5.01 Å². The average molecular weight is 164 g/mol. The van der Waals surface area contributed by atoms with Crippen molar-refractivity contribution in [2.24, 2.45) is 11.8 Å². The summed E-state index contributed by atoms with van der Waals surface area (Å²) in [5.41, 5.74) is 0. The van der Waals surface area contributed by atoms with E-state index in [9.17, 15) is 13.6 Å². The summed E-state index contributed by atoms with van der Waals surface area (Å²) in [6.07, 6.45) is -1.75. The SMILES string of the molecule is NN1CCCC(C(F)F)C1=O. The molecule has 1 unspecified atom stereocenters. The lowest BCUT2D eigenvalue weighted by atomic mass is 9.99. The second-order valence-corrected chi connectivity index (χ2v) is 2.61. The Labute approximate surface area is 63.1 Å². The van der Waals surface area contributed by atoms with Crippen LogP contribution < -0.4 is 5.84 Å². The average Bonchev–Trinajstić information content (AvgIpc) is 1.94. The maximum absolute atomic E-state index is 12.0. The maximum Gasteiger partial charge on any atom is 0.250 e. The van der Waals surface area contributed by atoms with Gasteiger partial charge in [-0.25, -0.2) is 14.6 Å². The summed E-state index contributed by atoms with van der Waals surface area (Å²) >= 11 is 0. The first-order valence-electron chi connectivity index (χ1n) is 3.47. The van der Waals surface area contributed by atoms with Gasteiger partial charge in [0.2, 0.25) is 12.3 Å². The van der Waals surface area contributed by atoms with E-state index in [1.807, 2.05) is 0 Å². The number of halogens is 2. The molecule has 0 aromatic carbocycles. The largest absolute Gasteiger partial charge is 0.280 e. The van der Waals surface area contributed by atoms with E-state index < -0.39 is 18.3 Å². The molecule has 0 aliphatic carbocycles. The van der Waals surface area contributed by atoms with Crippen LogP contribution in [0, 0.1) is 5.92 Å². The Bertz CT molecular complexity index is 163. The van der Waals surface area contributed by atoms with Gasteiger partial charge in [0.05, 0.1) is 0 Å². The predicted molar refractivity (Wildman–Crippen MR) is 34.6 cm³/mol. The highest BCUT2D eigenvalue weighted by molar-refractivity contribution is 5.79. The summed E-state index contributed by atoms with van der Waals surface area (Å²) in [6, 6.07) is 0. The lowest BCUT2D eigenvalue weighted by Crippen LogP contribution is -2.47. The van der Waals surface area contributed by atoms with Crippen LogP contribution in [0.25, 0.3) is 0 Å². The molecule has 64 valence electrons. The van der Waals surface area contributed by atoms with E-state index in [2.05, 4.69) is 0 Å². The van der Waals surface area contributed by atoms with Gasteiger partial charge >= 0.3 is 0 Å². The van der Waals surface area contributed by atoms with Crippen molar-refractivity contribution in [1.29, 1.82) is 0 Å².